The molecule has 162 valence electrons. The van der Waals surface area contributed by atoms with Crippen molar-refractivity contribution in [2.24, 2.45) is 10.8 Å². The van der Waals surface area contributed by atoms with E-state index in [2.05, 4.69) is 31.0 Å². The summed E-state index contributed by atoms with van der Waals surface area (Å²) in [5.74, 6) is 0.561. The maximum Gasteiger partial charge on any atom is 0.259 e. The van der Waals surface area contributed by atoms with Gasteiger partial charge in [-0.15, -0.1) is 0 Å². The fourth-order valence-electron chi connectivity index (χ4n) is 5.72. The highest BCUT2D eigenvalue weighted by Crippen LogP contribution is 2.59. The second-order valence-electron chi connectivity index (χ2n) is 10.2. The van der Waals surface area contributed by atoms with Gasteiger partial charge in [0.2, 0.25) is 0 Å². The monoisotopic (exact) mass is 418 g/mol. The number of carbonyl (C=O) groups is 1. The maximum absolute atomic E-state index is 13.2. The van der Waals surface area contributed by atoms with Gasteiger partial charge in [0.05, 0.1) is 5.56 Å². The first kappa shape index (κ1) is 20.1. The lowest BCUT2D eigenvalue weighted by Gasteiger charge is -2.43. The Balaban J connectivity index is 1.52. The number of aryl methyl sites for hydroxylation is 1. The van der Waals surface area contributed by atoms with Gasteiger partial charge in [-0.25, -0.2) is 0 Å². The van der Waals surface area contributed by atoms with Crippen LogP contribution < -0.4 is 5.32 Å². The van der Waals surface area contributed by atoms with E-state index in [1.807, 2.05) is 37.3 Å². The molecule has 2 aliphatic rings. The lowest BCUT2D eigenvalue weighted by atomic mass is 9.69. The average molecular weight is 419 g/mol. The number of likely N-dealkylation sites (tertiary alicyclic amines) is 1. The van der Waals surface area contributed by atoms with Gasteiger partial charge in [0.25, 0.3) is 5.91 Å². The summed E-state index contributed by atoms with van der Waals surface area (Å²) in [5.41, 5.74) is 3.26. The first-order valence-corrected chi connectivity index (χ1v) is 11.0. The molecular formula is C26H30N2O3. The van der Waals surface area contributed by atoms with Crippen molar-refractivity contribution in [3.63, 3.8) is 0 Å². The second kappa shape index (κ2) is 6.86. The van der Waals surface area contributed by atoms with Crippen LogP contribution in [0.5, 0.6) is 5.75 Å². The number of hydrogen-bond donors (Lipinski definition) is 2. The number of benzene rings is 2. The molecule has 5 heteroatoms. The normalized spacial score (nSPS) is 24.7. The fourth-order valence-corrected chi connectivity index (χ4v) is 5.72. The van der Waals surface area contributed by atoms with Crippen LogP contribution in [-0.2, 0) is 6.54 Å². The van der Waals surface area contributed by atoms with Crippen molar-refractivity contribution in [2.75, 3.05) is 11.9 Å². The van der Waals surface area contributed by atoms with E-state index in [1.54, 1.807) is 12.1 Å². The van der Waals surface area contributed by atoms with Gasteiger partial charge in [-0.1, -0.05) is 39.0 Å². The minimum absolute atomic E-state index is 0.217. The number of rotatable bonds is 4. The number of piperidine rings is 1. The fraction of sp³-hybridized carbons (Fsp3) is 0.423. The van der Waals surface area contributed by atoms with E-state index in [0.717, 1.165) is 29.6 Å². The van der Waals surface area contributed by atoms with Crippen LogP contribution in [0.2, 0.25) is 0 Å². The van der Waals surface area contributed by atoms with Gasteiger partial charge < -0.3 is 14.8 Å². The molecule has 5 rings (SSSR count). The zero-order chi connectivity index (χ0) is 22.0. The molecule has 2 unspecified atom stereocenters. The Morgan fingerprint density at radius 3 is 2.55 bits per heavy atom. The van der Waals surface area contributed by atoms with Gasteiger partial charge in [-0.05, 0) is 54.9 Å². The molecule has 1 amide bonds. The van der Waals surface area contributed by atoms with E-state index >= 15 is 0 Å². The van der Waals surface area contributed by atoms with Crippen LogP contribution in [0.4, 0.5) is 5.69 Å². The molecule has 2 heterocycles. The number of hydrogen-bond acceptors (Lipinski definition) is 4. The smallest absolute Gasteiger partial charge is 0.259 e. The summed E-state index contributed by atoms with van der Waals surface area (Å²) < 4.78 is 5.94. The zero-order valence-electron chi connectivity index (χ0n) is 18.7. The highest BCUT2D eigenvalue weighted by Gasteiger charge is 2.57. The van der Waals surface area contributed by atoms with Crippen molar-refractivity contribution < 1.29 is 14.3 Å². The number of nitrogens with zero attached hydrogens (tertiary/aromatic N) is 1. The number of para-hydroxylation sites is 1. The Kier molecular flexibility index (Phi) is 4.45. The van der Waals surface area contributed by atoms with E-state index in [0.29, 0.717) is 34.9 Å². The van der Waals surface area contributed by atoms with Crippen molar-refractivity contribution in [1.29, 1.82) is 0 Å². The van der Waals surface area contributed by atoms with Crippen molar-refractivity contribution in [3.05, 3.63) is 59.4 Å². The number of amides is 1. The Hall–Kier alpha value is -2.79. The van der Waals surface area contributed by atoms with Crippen LogP contribution in [0.3, 0.4) is 0 Å². The van der Waals surface area contributed by atoms with E-state index in [-0.39, 0.29) is 17.1 Å². The topological polar surface area (TPSA) is 65.7 Å². The summed E-state index contributed by atoms with van der Waals surface area (Å²) in [6.45, 7) is 10.5. The third-order valence-electron chi connectivity index (χ3n) is 7.87. The lowest BCUT2D eigenvalue weighted by molar-refractivity contribution is 0.0555. The van der Waals surface area contributed by atoms with Gasteiger partial charge in [0.15, 0.2) is 0 Å². The number of fused-ring (bicyclic) bond motifs is 3. The molecule has 5 nitrogen and oxygen atoms in total. The summed E-state index contributed by atoms with van der Waals surface area (Å²) in [5, 5.41) is 14.5. The molecule has 31 heavy (non-hydrogen) atoms. The number of nitrogens with one attached hydrogen (secondary N) is 1. The molecule has 1 saturated carbocycles. The van der Waals surface area contributed by atoms with Crippen LogP contribution in [0.1, 0.15) is 55.3 Å². The third-order valence-corrected chi connectivity index (χ3v) is 7.87. The molecule has 2 atom stereocenters. The first-order chi connectivity index (χ1) is 14.7. The van der Waals surface area contributed by atoms with E-state index in [9.17, 15) is 9.90 Å². The van der Waals surface area contributed by atoms with E-state index in [4.69, 9.17) is 4.42 Å². The van der Waals surface area contributed by atoms with Crippen LogP contribution in [-0.4, -0.2) is 28.5 Å². The molecule has 1 aliphatic heterocycles. The van der Waals surface area contributed by atoms with E-state index in [1.165, 1.54) is 6.42 Å². The van der Waals surface area contributed by atoms with Crippen LogP contribution in [0.15, 0.2) is 46.9 Å². The summed E-state index contributed by atoms with van der Waals surface area (Å²) >= 11 is 0. The van der Waals surface area contributed by atoms with Gasteiger partial charge in [0, 0.05) is 35.8 Å². The number of phenols is 1. The van der Waals surface area contributed by atoms with Gasteiger partial charge in [-0.3, -0.25) is 9.69 Å². The minimum atomic E-state index is -0.217. The highest BCUT2D eigenvalue weighted by atomic mass is 16.3. The number of carbonyl (C=O) groups excluding carboxylic acids is 1. The third kappa shape index (κ3) is 3.14. The Labute approximate surface area is 183 Å². The number of aromatic hydroxyl groups is 1. The molecule has 1 aromatic heterocycles. The average Bonchev–Trinajstić information content (AvgIpc) is 3.29. The molecule has 2 aromatic carbocycles. The van der Waals surface area contributed by atoms with Crippen molar-refractivity contribution >= 4 is 22.6 Å². The van der Waals surface area contributed by atoms with Crippen molar-refractivity contribution in [1.82, 2.24) is 4.90 Å². The summed E-state index contributed by atoms with van der Waals surface area (Å²) in [6.07, 6.45) is 2.34. The van der Waals surface area contributed by atoms with Crippen molar-refractivity contribution in [2.45, 2.75) is 53.1 Å². The first-order valence-electron chi connectivity index (χ1n) is 11.0. The summed E-state index contributed by atoms with van der Waals surface area (Å²) in [7, 11) is 0. The number of anilines is 1. The van der Waals surface area contributed by atoms with Crippen LogP contribution >= 0.6 is 0 Å². The molecule has 1 aliphatic carbocycles. The quantitative estimate of drug-likeness (QED) is 0.570. The predicted octanol–water partition coefficient (Wildman–Crippen LogP) is 5.71. The Bertz CT molecular complexity index is 1160. The highest BCUT2D eigenvalue weighted by molar-refractivity contribution is 6.14. The predicted molar refractivity (Wildman–Crippen MR) is 122 cm³/mol. The second-order valence-corrected chi connectivity index (χ2v) is 10.2. The Morgan fingerprint density at radius 1 is 1.16 bits per heavy atom. The van der Waals surface area contributed by atoms with Crippen LogP contribution in [0.25, 0.3) is 11.0 Å². The maximum atomic E-state index is 13.2. The van der Waals surface area contributed by atoms with Gasteiger partial charge in [0.1, 0.15) is 17.1 Å². The molecule has 2 bridgehead atoms. The molecule has 2 fully saturated rings. The summed E-state index contributed by atoms with van der Waals surface area (Å²) in [4.78, 5) is 15.7. The molecule has 3 aromatic rings. The number of furan rings is 1. The molecule has 0 radical (unpaired) electrons. The van der Waals surface area contributed by atoms with Crippen LogP contribution in [0, 0.1) is 17.8 Å². The lowest BCUT2D eigenvalue weighted by Crippen LogP contribution is -2.43. The van der Waals surface area contributed by atoms with Gasteiger partial charge in [-0.2, -0.15) is 0 Å². The largest absolute Gasteiger partial charge is 0.508 e. The Morgan fingerprint density at radius 2 is 1.90 bits per heavy atom. The molecule has 0 spiro atoms. The minimum Gasteiger partial charge on any atom is -0.508 e. The molecular weight excluding hydrogens is 388 g/mol. The summed E-state index contributed by atoms with van der Waals surface area (Å²) in [6, 6.07) is 13.3. The van der Waals surface area contributed by atoms with Crippen molar-refractivity contribution in [3.8, 4) is 5.75 Å². The SMILES string of the molecule is Cc1oc2ccc(O)c(CN3CC4(C)CC3CC4(C)C)c2c1C(=O)Nc1ccccc1. The number of phenolic OH excluding ortho intramolecular Hbond substituents is 1. The van der Waals surface area contributed by atoms with Gasteiger partial charge >= 0.3 is 0 Å². The zero-order valence-corrected chi connectivity index (χ0v) is 18.7. The standard InChI is InChI=1S/C26H30N2O3/c1-16-22(24(30)27-17-8-6-5-7-9-17)23-19(20(29)10-11-21(23)31-16)14-28-15-26(4)13-18(28)12-25(26,2)3/h5-11,18,29H,12-15H2,1-4H3,(H,27,30). The van der Waals surface area contributed by atoms with E-state index < -0.39 is 0 Å². The molecule has 1 saturated heterocycles. The molecule has 2 N–H and O–H groups in total.